The number of halogens is 3. The molecule has 1 aromatic heterocycles. The number of carbonyl (C=O) groups is 3. The molecule has 148 valence electrons. The van der Waals surface area contributed by atoms with Gasteiger partial charge in [0, 0.05) is 34.1 Å². The number of hydrogen-bond acceptors (Lipinski definition) is 4. The van der Waals surface area contributed by atoms with E-state index in [1.165, 1.54) is 42.6 Å². The van der Waals surface area contributed by atoms with Crippen molar-refractivity contribution >= 4 is 17.7 Å². The summed E-state index contributed by atoms with van der Waals surface area (Å²) in [6.07, 6.45) is -4.61. The maximum Gasteiger partial charge on any atom is 0.433 e. The lowest BCUT2D eigenvalue weighted by Crippen LogP contribution is -2.61. The second-order valence-corrected chi connectivity index (χ2v) is 6.54. The number of aromatic nitrogens is 1. The molecule has 0 bridgehead atoms. The van der Waals surface area contributed by atoms with Crippen molar-refractivity contribution in [2.24, 2.45) is 0 Å². The number of aryl methyl sites for hydroxylation is 1. The summed E-state index contributed by atoms with van der Waals surface area (Å²) in [5.74, 6) is -1.17. The molecule has 2 heterocycles. The first-order chi connectivity index (χ1) is 12.4. The highest BCUT2D eigenvalue weighted by Gasteiger charge is 2.38. The van der Waals surface area contributed by atoms with E-state index in [0.717, 1.165) is 12.1 Å². The zero-order chi connectivity index (χ0) is 20.5. The van der Waals surface area contributed by atoms with Crippen molar-refractivity contribution in [3.63, 3.8) is 0 Å². The Morgan fingerprint density at radius 2 is 1.81 bits per heavy atom. The minimum atomic E-state index is -4.61. The van der Waals surface area contributed by atoms with Gasteiger partial charge in [0.1, 0.15) is 11.7 Å². The number of carbonyl (C=O) groups excluding carboxylic acids is 3. The van der Waals surface area contributed by atoms with Gasteiger partial charge in [-0.05, 0) is 19.1 Å². The molecular weight excluding hydrogens is 365 g/mol. The van der Waals surface area contributed by atoms with Crippen LogP contribution in [0.4, 0.5) is 13.2 Å². The molecule has 1 unspecified atom stereocenters. The molecule has 7 nitrogen and oxygen atoms in total. The van der Waals surface area contributed by atoms with Crippen LogP contribution in [0.2, 0.25) is 0 Å². The van der Waals surface area contributed by atoms with Crippen LogP contribution in [0.15, 0.2) is 12.1 Å². The quantitative estimate of drug-likeness (QED) is 0.765. The fourth-order valence-electron chi connectivity index (χ4n) is 2.92. The zero-order valence-electron chi connectivity index (χ0n) is 15.5. The van der Waals surface area contributed by atoms with Crippen molar-refractivity contribution in [1.82, 2.24) is 19.7 Å². The van der Waals surface area contributed by atoms with Crippen molar-refractivity contribution in [3.8, 4) is 0 Å². The first kappa shape index (κ1) is 20.7. The lowest BCUT2D eigenvalue weighted by Gasteiger charge is -2.41. The first-order valence-electron chi connectivity index (χ1n) is 8.26. The predicted molar refractivity (Wildman–Crippen MR) is 89.7 cm³/mol. The average molecular weight is 386 g/mol. The molecule has 1 aliphatic heterocycles. The van der Waals surface area contributed by atoms with Crippen LogP contribution in [0.5, 0.6) is 0 Å². The maximum absolute atomic E-state index is 12.9. The Balaban J connectivity index is 2.35. The SMILES string of the molecule is CC(=O)N1CCN(C(=O)c2ccc(C(F)(F)F)nc2C)C(C(=O)N(C)C)C1. The molecule has 0 saturated carbocycles. The molecule has 1 saturated heterocycles. The first-order valence-corrected chi connectivity index (χ1v) is 8.26. The van der Waals surface area contributed by atoms with Crippen LogP contribution in [-0.2, 0) is 15.8 Å². The van der Waals surface area contributed by atoms with E-state index < -0.39 is 23.8 Å². The number of rotatable bonds is 2. The summed E-state index contributed by atoms with van der Waals surface area (Å²) in [5, 5.41) is 0. The highest BCUT2D eigenvalue weighted by atomic mass is 19.4. The molecule has 0 spiro atoms. The number of hydrogen-bond donors (Lipinski definition) is 0. The van der Waals surface area contributed by atoms with Gasteiger partial charge in [-0.25, -0.2) is 4.98 Å². The number of alkyl halides is 3. The van der Waals surface area contributed by atoms with Gasteiger partial charge in [0.25, 0.3) is 5.91 Å². The summed E-state index contributed by atoms with van der Waals surface area (Å²) in [6.45, 7) is 3.06. The van der Waals surface area contributed by atoms with Crippen LogP contribution in [0.3, 0.4) is 0 Å². The molecule has 1 aliphatic rings. The van der Waals surface area contributed by atoms with E-state index in [1.807, 2.05) is 0 Å². The number of nitrogens with zero attached hydrogens (tertiary/aromatic N) is 4. The van der Waals surface area contributed by atoms with Crippen molar-refractivity contribution in [2.75, 3.05) is 33.7 Å². The van der Waals surface area contributed by atoms with E-state index in [4.69, 9.17) is 0 Å². The fraction of sp³-hybridized carbons (Fsp3) is 0.529. The van der Waals surface area contributed by atoms with Gasteiger partial charge in [-0.3, -0.25) is 14.4 Å². The third-order valence-electron chi connectivity index (χ3n) is 4.42. The van der Waals surface area contributed by atoms with Gasteiger partial charge >= 0.3 is 6.18 Å². The Kier molecular flexibility index (Phi) is 5.76. The molecular formula is C17H21F3N4O3. The van der Waals surface area contributed by atoms with Crippen molar-refractivity contribution in [1.29, 1.82) is 0 Å². The minimum absolute atomic E-state index is 0.00386. The van der Waals surface area contributed by atoms with Gasteiger partial charge in [0.2, 0.25) is 11.8 Å². The van der Waals surface area contributed by atoms with E-state index in [1.54, 1.807) is 0 Å². The largest absolute Gasteiger partial charge is 0.433 e. The number of pyridine rings is 1. The van der Waals surface area contributed by atoms with Gasteiger partial charge in [-0.2, -0.15) is 13.2 Å². The Labute approximate surface area is 154 Å². The Morgan fingerprint density at radius 1 is 1.19 bits per heavy atom. The van der Waals surface area contributed by atoms with Crippen molar-refractivity contribution in [3.05, 3.63) is 29.1 Å². The average Bonchev–Trinajstić information content (AvgIpc) is 2.58. The molecule has 1 atom stereocenters. The molecule has 0 aliphatic carbocycles. The Hall–Kier alpha value is -2.65. The van der Waals surface area contributed by atoms with Crippen LogP contribution in [0, 0.1) is 6.92 Å². The van der Waals surface area contributed by atoms with E-state index in [2.05, 4.69) is 4.98 Å². The van der Waals surface area contributed by atoms with Gasteiger partial charge in [-0.1, -0.05) is 0 Å². The molecule has 0 radical (unpaired) electrons. The smallest absolute Gasteiger partial charge is 0.347 e. The maximum atomic E-state index is 12.9. The number of piperazine rings is 1. The molecule has 10 heteroatoms. The normalized spacial score (nSPS) is 17.7. The van der Waals surface area contributed by atoms with Gasteiger partial charge < -0.3 is 14.7 Å². The van der Waals surface area contributed by atoms with Crippen LogP contribution in [-0.4, -0.2) is 77.2 Å². The van der Waals surface area contributed by atoms with Crippen LogP contribution >= 0.6 is 0 Å². The summed E-state index contributed by atoms with van der Waals surface area (Å²) in [4.78, 5) is 44.6. The molecule has 1 fully saturated rings. The standard InChI is InChI=1S/C17H21F3N4O3/c1-10-12(5-6-14(21-10)17(18,19)20)15(26)24-8-7-23(11(2)25)9-13(24)16(27)22(3)4/h5-6,13H,7-9H2,1-4H3. The van der Waals surface area contributed by atoms with Gasteiger partial charge in [0.15, 0.2) is 0 Å². The molecule has 3 amide bonds. The number of likely N-dealkylation sites (N-methyl/N-ethyl adjacent to an activating group) is 1. The number of amides is 3. The highest BCUT2D eigenvalue weighted by Crippen LogP contribution is 2.28. The second kappa shape index (κ2) is 7.53. The molecule has 1 aromatic rings. The predicted octanol–water partition coefficient (Wildman–Crippen LogP) is 1.17. The van der Waals surface area contributed by atoms with E-state index in [0.29, 0.717) is 0 Å². The fourth-order valence-corrected chi connectivity index (χ4v) is 2.92. The van der Waals surface area contributed by atoms with Crippen LogP contribution in [0.25, 0.3) is 0 Å². The third-order valence-corrected chi connectivity index (χ3v) is 4.42. The van der Waals surface area contributed by atoms with Crippen LogP contribution < -0.4 is 0 Å². The van der Waals surface area contributed by atoms with E-state index in [-0.39, 0.29) is 42.7 Å². The Morgan fingerprint density at radius 3 is 2.30 bits per heavy atom. The van der Waals surface area contributed by atoms with Crippen molar-refractivity contribution < 1.29 is 27.6 Å². The van der Waals surface area contributed by atoms with E-state index >= 15 is 0 Å². The molecule has 27 heavy (non-hydrogen) atoms. The lowest BCUT2D eigenvalue weighted by molar-refractivity contribution is -0.141. The van der Waals surface area contributed by atoms with Gasteiger partial charge in [0.05, 0.1) is 17.8 Å². The summed E-state index contributed by atoms with van der Waals surface area (Å²) in [6, 6.07) is 0.906. The summed E-state index contributed by atoms with van der Waals surface area (Å²) in [5.41, 5.74) is -1.16. The molecule has 2 rings (SSSR count). The second-order valence-electron chi connectivity index (χ2n) is 6.54. The monoisotopic (exact) mass is 386 g/mol. The van der Waals surface area contributed by atoms with Crippen LogP contribution in [0.1, 0.15) is 28.7 Å². The topological polar surface area (TPSA) is 73.8 Å². The summed E-state index contributed by atoms with van der Waals surface area (Å²) < 4.78 is 38.4. The minimum Gasteiger partial charge on any atom is -0.347 e. The third kappa shape index (κ3) is 4.37. The highest BCUT2D eigenvalue weighted by molar-refractivity contribution is 5.98. The molecule has 0 N–H and O–H groups in total. The molecule has 0 aromatic carbocycles. The van der Waals surface area contributed by atoms with Gasteiger partial charge in [-0.15, -0.1) is 0 Å². The zero-order valence-corrected chi connectivity index (χ0v) is 15.5. The van der Waals surface area contributed by atoms with Crippen molar-refractivity contribution in [2.45, 2.75) is 26.1 Å². The van der Waals surface area contributed by atoms with E-state index in [9.17, 15) is 27.6 Å². The summed E-state index contributed by atoms with van der Waals surface area (Å²) >= 11 is 0. The summed E-state index contributed by atoms with van der Waals surface area (Å²) in [7, 11) is 3.06. The Bertz CT molecular complexity index is 764. The lowest BCUT2D eigenvalue weighted by atomic mass is 10.1.